The number of fused-ring (bicyclic) bond motifs is 1. The molecule has 0 unspecified atom stereocenters. The van der Waals surface area contributed by atoms with Crippen molar-refractivity contribution < 1.29 is 9.18 Å². The van der Waals surface area contributed by atoms with Crippen LogP contribution in [0.5, 0.6) is 0 Å². The fourth-order valence-electron chi connectivity index (χ4n) is 4.55. The van der Waals surface area contributed by atoms with E-state index in [9.17, 15) is 9.18 Å². The quantitative estimate of drug-likeness (QED) is 0.508. The lowest BCUT2D eigenvalue weighted by Crippen LogP contribution is -2.37. The average molecular weight is 458 g/mol. The zero-order valence-electron chi connectivity index (χ0n) is 19.2. The van der Waals surface area contributed by atoms with Crippen LogP contribution in [0.2, 0.25) is 0 Å². The Morgan fingerprint density at radius 2 is 2.06 bits per heavy atom. The molecule has 172 valence electrons. The molecular weight excluding hydrogens is 433 g/mol. The molecule has 0 bridgehead atoms. The summed E-state index contributed by atoms with van der Waals surface area (Å²) in [5.41, 5.74) is 3.00. The Hall–Kier alpha value is -4.03. The fraction of sp³-hybridized carbons (Fsp3) is 0.280. The van der Waals surface area contributed by atoms with E-state index in [1.165, 1.54) is 12.1 Å². The number of carbonyl (C=O) groups excluding carboxylic acids is 1. The zero-order chi connectivity index (χ0) is 24.0. The van der Waals surface area contributed by atoms with Gasteiger partial charge in [-0.2, -0.15) is 10.4 Å². The first-order valence-corrected chi connectivity index (χ1v) is 11.1. The van der Waals surface area contributed by atoms with Crippen molar-refractivity contribution in [2.24, 2.45) is 7.05 Å². The van der Waals surface area contributed by atoms with Gasteiger partial charge in [-0.05, 0) is 63.3 Å². The number of benzene rings is 2. The van der Waals surface area contributed by atoms with E-state index >= 15 is 0 Å². The third kappa shape index (κ3) is 3.82. The first-order valence-electron chi connectivity index (χ1n) is 11.1. The molecule has 1 aliphatic heterocycles. The lowest BCUT2D eigenvalue weighted by molar-refractivity contribution is 0.0933. The highest BCUT2D eigenvalue weighted by Gasteiger charge is 2.26. The Bertz CT molecular complexity index is 1460. The van der Waals surface area contributed by atoms with Gasteiger partial charge in [-0.15, -0.1) is 0 Å². The summed E-state index contributed by atoms with van der Waals surface area (Å²) in [5, 5.41) is 17.6. The molecule has 2 aromatic heterocycles. The van der Waals surface area contributed by atoms with Gasteiger partial charge in [0.2, 0.25) is 0 Å². The third-order valence-electron chi connectivity index (χ3n) is 6.26. The Morgan fingerprint density at radius 3 is 2.76 bits per heavy atom. The number of imidazole rings is 1. The standard InChI is InChI=1S/C25H24FN7O/c1-15-23(25(34)28-19-8-9-31(2)14-19)29-24(16-4-5-17(12-27)21(26)11-16)33(15)20-6-7-22-18(10-20)13-32(3)30-22/h4-7,10-11,13,19H,8-9,14H2,1-3H3,(H,28,34)/t19-/m1/s1. The van der Waals surface area contributed by atoms with Crippen LogP contribution in [0.3, 0.4) is 0 Å². The molecule has 0 saturated carbocycles. The molecule has 2 aromatic carbocycles. The van der Waals surface area contributed by atoms with Gasteiger partial charge in [0.1, 0.15) is 23.4 Å². The second-order valence-electron chi connectivity index (χ2n) is 8.78. The Balaban J connectivity index is 1.63. The molecule has 0 radical (unpaired) electrons. The number of likely N-dealkylation sites (N-methyl/N-ethyl adjacent to an activating group) is 1. The minimum atomic E-state index is -0.630. The highest BCUT2D eigenvalue weighted by Crippen LogP contribution is 2.29. The first-order chi connectivity index (χ1) is 16.3. The molecule has 8 nitrogen and oxygen atoms in total. The molecule has 1 amide bonds. The van der Waals surface area contributed by atoms with Gasteiger partial charge >= 0.3 is 0 Å². The lowest BCUT2D eigenvalue weighted by Gasteiger charge is -2.13. The molecule has 9 heteroatoms. The van der Waals surface area contributed by atoms with Crippen LogP contribution >= 0.6 is 0 Å². The van der Waals surface area contributed by atoms with Crippen molar-refractivity contribution in [1.82, 2.24) is 29.5 Å². The molecule has 1 saturated heterocycles. The number of nitrogens with zero attached hydrogens (tertiary/aromatic N) is 6. The first kappa shape index (κ1) is 21.8. The van der Waals surface area contributed by atoms with E-state index in [1.54, 1.807) is 10.7 Å². The molecule has 0 spiro atoms. The summed E-state index contributed by atoms with van der Waals surface area (Å²) in [6, 6.07) is 12.0. The monoisotopic (exact) mass is 457 g/mol. The van der Waals surface area contributed by atoms with Crippen molar-refractivity contribution in [2.75, 3.05) is 20.1 Å². The number of nitrogens with one attached hydrogen (secondary N) is 1. The van der Waals surface area contributed by atoms with E-state index in [0.29, 0.717) is 22.8 Å². The van der Waals surface area contributed by atoms with Gasteiger partial charge in [0, 0.05) is 42.5 Å². The van der Waals surface area contributed by atoms with Gasteiger partial charge in [-0.1, -0.05) is 0 Å². The Morgan fingerprint density at radius 1 is 1.24 bits per heavy atom. The maximum absolute atomic E-state index is 14.5. The highest BCUT2D eigenvalue weighted by atomic mass is 19.1. The number of carbonyl (C=O) groups is 1. The van der Waals surface area contributed by atoms with E-state index in [2.05, 4.69) is 20.3 Å². The van der Waals surface area contributed by atoms with Crippen LogP contribution in [0, 0.1) is 24.1 Å². The summed E-state index contributed by atoms with van der Waals surface area (Å²) in [4.78, 5) is 20.0. The van der Waals surface area contributed by atoms with Crippen molar-refractivity contribution in [3.63, 3.8) is 0 Å². The molecule has 0 aliphatic carbocycles. The molecule has 1 aliphatic rings. The van der Waals surface area contributed by atoms with Gasteiger partial charge in [0.25, 0.3) is 5.91 Å². The second kappa shape index (κ2) is 8.39. The number of hydrogen-bond acceptors (Lipinski definition) is 5. The van der Waals surface area contributed by atoms with E-state index in [1.807, 2.05) is 56.1 Å². The number of aromatic nitrogens is 4. The van der Waals surface area contributed by atoms with Crippen molar-refractivity contribution in [3.05, 3.63) is 65.4 Å². The minimum Gasteiger partial charge on any atom is -0.347 e. The van der Waals surface area contributed by atoms with Gasteiger partial charge in [-0.3, -0.25) is 14.0 Å². The maximum atomic E-state index is 14.5. The summed E-state index contributed by atoms with van der Waals surface area (Å²) in [7, 11) is 3.88. The summed E-state index contributed by atoms with van der Waals surface area (Å²) < 4.78 is 18.1. The summed E-state index contributed by atoms with van der Waals surface area (Å²) in [6.45, 7) is 3.55. The fourth-order valence-corrected chi connectivity index (χ4v) is 4.55. The van der Waals surface area contributed by atoms with Crippen LogP contribution in [-0.2, 0) is 7.05 Å². The number of nitriles is 1. The molecule has 4 aromatic rings. The number of aryl methyl sites for hydroxylation is 1. The van der Waals surface area contributed by atoms with E-state index in [-0.39, 0.29) is 17.5 Å². The predicted octanol–water partition coefficient (Wildman–Crippen LogP) is 3.18. The van der Waals surface area contributed by atoms with Crippen LogP contribution < -0.4 is 5.32 Å². The maximum Gasteiger partial charge on any atom is 0.272 e. The predicted molar refractivity (Wildman–Crippen MR) is 126 cm³/mol. The molecule has 1 N–H and O–H groups in total. The van der Waals surface area contributed by atoms with Crippen LogP contribution in [-0.4, -0.2) is 56.3 Å². The van der Waals surface area contributed by atoms with E-state index in [0.717, 1.165) is 36.1 Å². The lowest BCUT2D eigenvalue weighted by atomic mass is 10.1. The smallest absolute Gasteiger partial charge is 0.272 e. The van der Waals surface area contributed by atoms with Gasteiger partial charge in [0.15, 0.2) is 0 Å². The number of rotatable bonds is 4. The van der Waals surface area contributed by atoms with Crippen LogP contribution in [0.25, 0.3) is 28.0 Å². The Kier molecular flexibility index (Phi) is 5.38. The summed E-state index contributed by atoms with van der Waals surface area (Å²) in [5.74, 6) is -0.456. The summed E-state index contributed by atoms with van der Waals surface area (Å²) >= 11 is 0. The third-order valence-corrected chi connectivity index (χ3v) is 6.26. The molecule has 5 rings (SSSR count). The molecular formula is C25H24FN7O. The summed E-state index contributed by atoms with van der Waals surface area (Å²) in [6.07, 6.45) is 2.80. The van der Waals surface area contributed by atoms with Gasteiger partial charge < -0.3 is 10.2 Å². The zero-order valence-corrected chi connectivity index (χ0v) is 19.2. The van der Waals surface area contributed by atoms with Crippen molar-refractivity contribution in [1.29, 1.82) is 5.26 Å². The Labute approximate surface area is 196 Å². The van der Waals surface area contributed by atoms with Gasteiger partial charge in [0.05, 0.1) is 16.8 Å². The average Bonchev–Trinajstić information content (AvgIpc) is 3.48. The number of halogens is 1. The van der Waals surface area contributed by atoms with Crippen LogP contribution in [0.1, 0.15) is 28.2 Å². The SMILES string of the molecule is Cc1c(C(=O)N[C@@H]2CCN(C)C2)nc(-c2ccc(C#N)c(F)c2)n1-c1ccc2nn(C)cc2c1. The number of amides is 1. The van der Waals surface area contributed by atoms with E-state index in [4.69, 9.17) is 5.26 Å². The van der Waals surface area contributed by atoms with Gasteiger partial charge in [-0.25, -0.2) is 9.37 Å². The molecule has 3 heterocycles. The van der Waals surface area contributed by atoms with Crippen LogP contribution in [0.15, 0.2) is 42.6 Å². The van der Waals surface area contributed by atoms with Crippen LogP contribution in [0.4, 0.5) is 4.39 Å². The van der Waals surface area contributed by atoms with E-state index < -0.39 is 5.82 Å². The largest absolute Gasteiger partial charge is 0.347 e. The molecule has 34 heavy (non-hydrogen) atoms. The minimum absolute atomic E-state index is 0.0429. The van der Waals surface area contributed by atoms with Crippen molar-refractivity contribution in [2.45, 2.75) is 19.4 Å². The van der Waals surface area contributed by atoms with Crippen molar-refractivity contribution in [3.8, 4) is 23.1 Å². The number of hydrogen-bond donors (Lipinski definition) is 1. The second-order valence-corrected chi connectivity index (χ2v) is 8.78. The van der Waals surface area contributed by atoms with Crippen molar-refractivity contribution >= 4 is 16.8 Å². The highest BCUT2D eigenvalue weighted by molar-refractivity contribution is 5.95. The molecule has 1 fully saturated rings. The normalized spacial score (nSPS) is 16.1. The topological polar surface area (TPSA) is 91.8 Å². The molecule has 1 atom stereocenters. The number of likely N-dealkylation sites (tertiary alicyclic amines) is 1.